The Hall–Kier alpha value is -3.19. The zero-order valence-corrected chi connectivity index (χ0v) is 14.5. The SMILES string of the molecule is Nc1ncnc2c1nc(N/N=C/c1ccncc1)n2[C@H]1O[C@@H](CO)[C@H](O)[C@@H]1O. The van der Waals surface area contributed by atoms with Gasteiger partial charge in [-0.3, -0.25) is 9.55 Å². The van der Waals surface area contributed by atoms with Crippen LogP contribution in [0.1, 0.15) is 11.8 Å². The minimum Gasteiger partial charge on any atom is -0.394 e. The van der Waals surface area contributed by atoms with Crippen LogP contribution in [0.3, 0.4) is 0 Å². The van der Waals surface area contributed by atoms with Gasteiger partial charge < -0.3 is 25.8 Å². The number of hydrazone groups is 1. The molecule has 3 aromatic heterocycles. The Morgan fingerprint density at radius 3 is 2.75 bits per heavy atom. The summed E-state index contributed by atoms with van der Waals surface area (Å²) >= 11 is 0. The monoisotopic (exact) mass is 386 g/mol. The first-order valence-corrected chi connectivity index (χ1v) is 8.40. The number of anilines is 2. The van der Waals surface area contributed by atoms with E-state index >= 15 is 0 Å². The van der Waals surface area contributed by atoms with Crippen molar-refractivity contribution in [3.05, 3.63) is 36.4 Å². The van der Waals surface area contributed by atoms with Crippen LogP contribution in [0.4, 0.5) is 11.8 Å². The minimum atomic E-state index is -1.32. The van der Waals surface area contributed by atoms with Crippen LogP contribution in [0.15, 0.2) is 36.0 Å². The van der Waals surface area contributed by atoms with E-state index in [9.17, 15) is 15.3 Å². The first-order valence-electron chi connectivity index (χ1n) is 8.40. The third-order valence-electron chi connectivity index (χ3n) is 4.36. The number of hydrogen-bond acceptors (Lipinski definition) is 11. The predicted octanol–water partition coefficient (Wildman–Crippen LogP) is -1.14. The summed E-state index contributed by atoms with van der Waals surface area (Å²) in [5.74, 6) is 0.305. The lowest BCUT2D eigenvalue weighted by Gasteiger charge is -2.18. The van der Waals surface area contributed by atoms with Gasteiger partial charge in [-0.1, -0.05) is 0 Å². The highest BCUT2D eigenvalue weighted by Gasteiger charge is 2.45. The van der Waals surface area contributed by atoms with Crippen LogP contribution in [0.5, 0.6) is 0 Å². The molecule has 1 saturated heterocycles. The number of aliphatic hydroxyl groups excluding tert-OH is 3. The molecule has 0 bridgehead atoms. The Morgan fingerprint density at radius 1 is 1.25 bits per heavy atom. The fraction of sp³-hybridized carbons (Fsp3) is 0.312. The molecule has 12 heteroatoms. The van der Waals surface area contributed by atoms with Crippen molar-refractivity contribution in [3.63, 3.8) is 0 Å². The number of aliphatic hydroxyl groups is 3. The normalized spacial score (nSPS) is 25.0. The van der Waals surface area contributed by atoms with Crippen molar-refractivity contribution < 1.29 is 20.1 Å². The van der Waals surface area contributed by atoms with Crippen molar-refractivity contribution in [1.82, 2.24) is 24.5 Å². The maximum atomic E-state index is 10.4. The van der Waals surface area contributed by atoms with Crippen LogP contribution in [0.2, 0.25) is 0 Å². The van der Waals surface area contributed by atoms with E-state index in [0.717, 1.165) is 5.56 Å². The standard InChI is InChI=1S/C16H18N8O4/c17-13-10-14(20-7-19-13)24(15-12(27)11(26)9(6-25)28-15)16(22-10)23-21-5-8-1-3-18-4-2-8/h1-5,7,9,11-12,15,25-27H,6H2,(H,22,23)(H2,17,19,20)/b21-5+/t9-,11-,12-,15-/m0/s1. The Morgan fingerprint density at radius 2 is 2.04 bits per heavy atom. The number of ether oxygens (including phenoxy) is 1. The summed E-state index contributed by atoms with van der Waals surface area (Å²) in [5.41, 5.74) is 10.0. The number of pyridine rings is 1. The van der Waals surface area contributed by atoms with Gasteiger partial charge in [0.05, 0.1) is 12.8 Å². The summed E-state index contributed by atoms with van der Waals surface area (Å²) in [6.07, 6.45) is 1.45. The highest BCUT2D eigenvalue weighted by molar-refractivity contribution is 5.84. The van der Waals surface area contributed by atoms with E-state index < -0.39 is 31.1 Å². The van der Waals surface area contributed by atoms with Crippen LogP contribution in [-0.4, -0.2) is 71.0 Å². The molecule has 12 nitrogen and oxygen atoms in total. The average molecular weight is 386 g/mol. The van der Waals surface area contributed by atoms with Gasteiger partial charge in [0.25, 0.3) is 0 Å². The molecule has 0 radical (unpaired) electrons. The molecule has 4 atom stereocenters. The molecule has 0 saturated carbocycles. The summed E-state index contributed by atoms with van der Waals surface area (Å²) < 4.78 is 7.02. The number of aromatic nitrogens is 5. The molecule has 3 aromatic rings. The van der Waals surface area contributed by atoms with Crippen molar-refractivity contribution in [3.8, 4) is 0 Å². The lowest BCUT2D eigenvalue weighted by Crippen LogP contribution is -2.33. The lowest BCUT2D eigenvalue weighted by molar-refractivity contribution is -0.0501. The largest absolute Gasteiger partial charge is 0.394 e. The number of fused-ring (bicyclic) bond motifs is 1. The van der Waals surface area contributed by atoms with Gasteiger partial charge in [-0.15, -0.1) is 0 Å². The van der Waals surface area contributed by atoms with Crippen molar-refractivity contribution in [2.24, 2.45) is 5.10 Å². The van der Waals surface area contributed by atoms with Crippen LogP contribution in [0.25, 0.3) is 11.2 Å². The van der Waals surface area contributed by atoms with E-state index in [0.29, 0.717) is 0 Å². The number of nitrogens with one attached hydrogen (secondary N) is 1. The highest BCUT2D eigenvalue weighted by atomic mass is 16.6. The van der Waals surface area contributed by atoms with Gasteiger partial charge in [0.2, 0.25) is 5.95 Å². The number of nitrogens with two attached hydrogens (primary N) is 1. The summed E-state index contributed by atoms with van der Waals surface area (Å²) in [4.78, 5) is 16.3. The highest BCUT2D eigenvalue weighted by Crippen LogP contribution is 2.35. The zero-order chi connectivity index (χ0) is 19.7. The molecular formula is C16H18N8O4. The minimum absolute atomic E-state index is 0.136. The predicted molar refractivity (Wildman–Crippen MR) is 98.2 cm³/mol. The summed E-state index contributed by atoms with van der Waals surface area (Å²) in [7, 11) is 0. The van der Waals surface area contributed by atoms with Gasteiger partial charge in [0, 0.05) is 12.4 Å². The molecule has 0 unspecified atom stereocenters. The van der Waals surface area contributed by atoms with Gasteiger partial charge in [-0.05, 0) is 17.7 Å². The number of hydrogen-bond donors (Lipinski definition) is 5. The van der Waals surface area contributed by atoms with E-state index in [-0.39, 0.29) is 22.9 Å². The maximum Gasteiger partial charge on any atom is 0.228 e. The molecule has 6 N–H and O–H groups in total. The third-order valence-corrected chi connectivity index (χ3v) is 4.36. The van der Waals surface area contributed by atoms with E-state index in [1.54, 1.807) is 30.7 Å². The molecule has 4 rings (SSSR count). The Bertz CT molecular complexity index is 995. The Balaban J connectivity index is 1.73. The second-order valence-corrected chi connectivity index (χ2v) is 6.12. The quantitative estimate of drug-likeness (QED) is 0.266. The first-order chi connectivity index (χ1) is 13.6. The van der Waals surface area contributed by atoms with E-state index in [1.165, 1.54) is 10.9 Å². The number of rotatable bonds is 5. The molecule has 0 aliphatic carbocycles. The second-order valence-electron chi connectivity index (χ2n) is 6.12. The number of nitrogen functional groups attached to an aromatic ring is 1. The molecule has 0 amide bonds. The van der Waals surface area contributed by atoms with Crippen molar-refractivity contribution in [1.29, 1.82) is 0 Å². The second kappa shape index (κ2) is 7.44. The topological polar surface area (TPSA) is 177 Å². The summed E-state index contributed by atoms with van der Waals surface area (Å²) in [5, 5.41) is 34.0. The number of nitrogens with zero attached hydrogens (tertiary/aromatic N) is 6. The molecule has 1 aliphatic rings. The fourth-order valence-corrected chi connectivity index (χ4v) is 2.95. The fourth-order valence-electron chi connectivity index (χ4n) is 2.95. The molecule has 28 heavy (non-hydrogen) atoms. The summed E-state index contributed by atoms with van der Waals surface area (Å²) in [6, 6.07) is 3.54. The molecule has 1 fully saturated rings. The smallest absolute Gasteiger partial charge is 0.228 e. The Kier molecular flexibility index (Phi) is 4.83. The molecule has 4 heterocycles. The lowest BCUT2D eigenvalue weighted by atomic mass is 10.1. The van der Waals surface area contributed by atoms with Gasteiger partial charge in [-0.25, -0.2) is 20.4 Å². The maximum absolute atomic E-state index is 10.4. The molecule has 146 valence electrons. The van der Waals surface area contributed by atoms with Crippen LogP contribution < -0.4 is 11.2 Å². The average Bonchev–Trinajstić information content (AvgIpc) is 3.21. The molecule has 0 spiro atoms. The van der Waals surface area contributed by atoms with E-state index in [2.05, 4.69) is 30.5 Å². The van der Waals surface area contributed by atoms with E-state index in [4.69, 9.17) is 10.5 Å². The van der Waals surface area contributed by atoms with Crippen molar-refractivity contribution in [2.45, 2.75) is 24.5 Å². The zero-order valence-electron chi connectivity index (χ0n) is 14.5. The molecular weight excluding hydrogens is 368 g/mol. The van der Waals surface area contributed by atoms with Crippen LogP contribution in [0, 0.1) is 0 Å². The third kappa shape index (κ3) is 3.14. The molecule has 0 aromatic carbocycles. The van der Waals surface area contributed by atoms with Gasteiger partial charge in [0.15, 0.2) is 23.2 Å². The first kappa shape index (κ1) is 18.2. The molecule has 1 aliphatic heterocycles. The van der Waals surface area contributed by atoms with Crippen LogP contribution in [-0.2, 0) is 4.74 Å². The number of imidazole rings is 1. The van der Waals surface area contributed by atoms with Crippen molar-refractivity contribution >= 4 is 29.1 Å². The van der Waals surface area contributed by atoms with Gasteiger partial charge in [-0.2, -0.15) is 5.10 Å². The summed E-state index contributed by atoms with van der Waals surface area (Å²) in [6.45, 7) is -0.457. The Labute approximate surface area is 158 Å². The van der Waals surface area contributed by atoms with Gasteiger partial charge in [0.1, 0.15) is 24.6 Å². The van der Waals surface area contributed by atoms with Crippen LogP contribution >= 0.6 is 0 Å². The van der Waals surface area contributed by atoms with E-state index in [1.807, 2.05) is 0 Å². The van der Waals surface area contributed by atoms with Crippen molar-refractivity contribution in [2.75, 3.05) is 17.8 Å². The van der Waals surface area contributed by atoms with Gasteiger partial charge >= 0.3 is 0 Å².